The van der Waals surface area contributed by atoms with Gasteiger partial charge in [-0.05, 0) is 117 Å². The van der Waals surface area contributed by atoms with E-state index in [1.54, 1.807) is 0 Å². The van der Waals surface area contributed by atoms with Gasteiger partial charge in [0.2, 0.25) is 0 Å². The average molecular weight is 687 g/mol. The third kappa shape index (κ3) is 6.29. The molecular formula is C48H46O4. The van der Waals surface area contributed by atoms with Crippen LogP contribution in [-0.4, -0.2) is 26.4 Å². The van der Waals surface area contributed by atoms with Crippen molar-refractivity contribution in [1.29, 1.82) is 0 Å². The number of benzene rings is 7. The molecule has 7 aromatic carbocycles. The fraction of sp³-hybridized carbons (Fsp3) is 0.292. The van der Waals surface area contributed by atoms with E-state index >= 15 is 0 Å². The molecule has 4 nitrogen and oxygen atoms in total. The Morgan fingerprint density at radius 2 is 0.538 bits per heavy atom. The minimum absolute atomic E-state index is 0.666. The summed E-state index contributed by atoms with van der Waals surface area (Å²) >= 11 is 0. The van der Waals surface area contributed by atoms with E-state index in [4.69, 9.17) is 18.9 Å². The Hall–Kier alpha value is -5.22. The first kappa shape index (κ1) is 32.7. The number of rotatable bonds is 0. The van der Waals surface area contributed by atoms with Crippen LogP contribution in [0.5, 0.6) is 23.0 Å². The van der Waals surface area contributed by atoms with Crippen LogP contribution in [0.2, 0.25) is 0 Å². The molecule has 2 aliphatic heterocycles. The Balaban J connectivity index is 1.49. The highest BCUT2D eigenvalue weighted by Gasteiger charge is 2.26. The van der Waals surface area contributed by atoms with E-state index in [0.717, 1.165) is 131 Å². The van der Waals surface area contributed by atoms with Crippen molar-refractivity contribution in [3.8, 4) is 45.3 Å². The summed E-state index contributed by atoms with van der Waals surface area (Å²) in [5, 5.41) is 9.42. The summed E-state index contributed by atoms with van der Waals surface area (Å²) in [7, 11) is 0. The summed E-state index contributed by atoms with van der Waals surface area (Å²) in [6, 6.07) is 39.7. The zero-order chi connectivity index (χ0) is 34.7. The minimum Gasteiger partial charge on any atom is -0.493 e. The van der Waals surface area contributed by atoms with Crippen molar-refractivity contribution in [3.05, 3.63) is 109 Å². The van der Waals surface area contributed by atoms with E-state index in [9.17, 15) is 0 Å². The van der Waals surface area contributed by atoms with E-state index in [1.807, 2.05) is 0 Å². The smallest absolute Gasteiger partial charge is 0.130 e. The van der Waals surface area contributed by atoms with Gasteiger partial charge in [-0.15, -0.1) is 0 Å². The zero-order valence-electron chi connectivity index (χ0n) is 29.9. The molecule has 0 saturated carbocycles. The molecule has 262 valence electrons. The number of hydrogen-bond acceptors (Lipinski definition) is 4. The van der Waals surface area contributed by atoms with Crippen molar-refractivity contribution in [1.82, 2.24) is 0 Å². The lowest BCUT2D eigenvalue weighted by atomic mass is 9.83. The Labute approximate surface area is 306 Å². The summed E-state index contributed by atoms with van der Waals surface area (Å²) in [6.45, 7) is 2.66. The molecule has 0 atom stereocenters. The van der Waals surface area contributed by atoms with Crippen LogP contribution in [0.1, 0.15) is 64.2 Å². The summed E-state index contributed by atoms with van der Waals surface area (Å²) in [5.74, 6) is 3.52. The second-order valence-electron chi connectivity index (χ2n) is 14.4. The normalized spacial score (nSPS) is 16.0. The second-order valence-corrected chi connectivity index (χ2v) is 14.4. The van der Waals surface area contributed by atoms with Gasteiger partial charge in [0, 0.05) is 11.1 Å². The zero-order valence-corrected chi connectivity index (χ0v) is 29.9. The molecule has 0 fully saturated rings. The van der Waals surface area contributed by atoms with Gasteiger partial charge >= 0.3 is 0 Å². The van der Waals surface area contributed by atoms with Crippen LogP contribution in [0.15, 0.2) is 109 Å². The van der Waals surface area contributed by atoms with Crippen LogP contribution in [0.4, 0.5) is 0 Å². The highest BCUT2D eigenvalue weighted by Crippen LogP contribution is 2.53. The van der Waals surface area contributed by atoms with Crippen LogP contribution in [-0.2, 0) is 0 Å². The lowest BCUT2D eigenvalue weighted by Crippen LogP contribution is -2.04. The van der Waals surface area contributed by atoms with Crippen molar-refractivity contribution in [2.75, 3.05) is 26.4 Å². The topological polar surface area (TPSA) is 36.9 Å². The van der Waals surface area contributed by atoms with E-state index in [2.05, 4.69) is 109 Å². The first-order chi connectivity index (χ1) is 25.8. The van der Waals surface area contributed by atoms with Crippen LogP contribution < -0.4 is 18.9 Å². The van der Waals surface area contributed by atoms with E-state index in [0.29, 0.717) is 26.4 Å². The molecule has 2 heterocycles. The molecule has 7 aromatic rings. The number of ether oxygens (including phenoxy) is 4. The maximum absolute atomic E-state index is 6.80. The Morgan fingerprint density at radius 3 is 0.827 bits per heavy atom. The molecule has 0 saturated heterocycles. The van der Waals surface area contributed by atoms with Crippen LogP contribution in [0.25, 0.3) is 65.3 Å². The molecule has 4 bridgehead atoms. The SMILES string of the molecule is c1cc2c3c(c1)OCCCCCCCOc1cccc(c1-c1c4cc5ccccc5cc4c-3c3cc4ccccc4cc13)OCCCCCCCO2. The lowest BCUT2D eigenvalue weighted by molar-refractivity contribution is 0.282. The molecule has 0 N–H and O–H groups in total. The van der Waals surface area contributed by atoms with Gasteiger partial charge in [0.05, 0.1) is 37.6 Å². The maximum Gasteiger partial charge on any atom is 0.130 e. The van der Waals surface area contributed by atoms with Gasteiger partial charge in [0.1, 0.15) is 23.0 Å². The van der Waals surface area contributed by atoms with Crippen molar-refractivity contribution in [3.63, 3.8) is 0 Å². The first-order valence-electron chi connectivity index (χ1n) is 19.4. The van der Waals surface area contributed by atoms with Gasteiger partial charge in [0.15, 0.2) is 0 Å². The Morgan fingerprint density at radius 1 is 0.269 bits per heavy atom. The fourth-order valence-electron chi connectivity index (χ4n) is 8.33. The van der Waals surface area contributed by atoms with Crippen molar-refractivity contribution in [2.45, 2.75) is 64.2 Å². The molecular weight excluding hydrogens is 641 g/mol. The Kier molecular flexibility index (Phi) is 9.29. The monoisotopic (exact) mass is 686 g/mol. The molecule has 9 rings (SSSR count). The fourth-order valence-corrected chi connectivity index (χ4v) is 8.33. The second kappa shape index (κ2) is 14.8. The molecule has 0 aliphatic carbocycles. The van der Waals surface area contributed by atoms with Gasteiger partial charge in [-0.25, -0.2) is 0 Å². The van der Waals surface area contributed by atoms with Crippen molar-refractivity contribution in [2.24, 2.45) is 0 Å². The third-order valence-corrected chi connectivity index (χ3v) is 10.9. The molecule has 52 heavy (non-hydrogen) atoms. The Bertz CT molecular complexity index is 2070. The van der Waals surface area contributed by atoms with Gasteiger partial charge in [-0.2, -0.15) is 0 Å². The molecule has 0 radical (unpaired) electrons. The predicted octanol–water partition coefficient (Wildman–Crippen LogP) is 13.1. The first-order valence-corrected chi connectivity index (χ1v) is 19.4. The van der Waals surface area contributed by atoms with Crippen molar-refractivity contribution >= 4 is 43.1 Å². The summed E-state index contributed by atoms with van der Waals surface area (Å²) in [4.78, 5) is 0. The van der Waals surface area contributed by atoms with E-state index < -0.39 is 0 Å². The molecule has 0 amide bonds. The highest BCUT2D eigenvalue weighted by molar-refractivity contribution is 6.27. The minimum atomic E-state index is 0.666. The van der Waals surface area contributed by atoms with Crippen LogP contribution in [0, 0.1) is 0 Å². The van der Waals surface area contributed by atoms with E-state index in [-0.39, 0.29) is 0 Å². The average Bonchev–Trinajstić information content (AvgIpc) is 3.18. The van der Waals surface area contributed by atoms with Crippen LogP contribution in [0.3, 0.4) is 0 Å². The molecule has 4 heteroatoms. The standard InChI is InChI=1S/C48H46O4/c1-3-11-25-49-41-21-15-23-43-47(41)45-37-29-33-17-7-9-19-35(33)31-39(37)46(40-32-36-20-10-8-18-34(36)30-38(40)45)48-42(50-26-12-4-1)22-16-24-44(48)52-28-14-6-2-5-13-27-51-43/h7-10,15-24,29-32H,1-6,11-14,25-28H2. The van der Waals surface area contributed by atoms with Crippen molar-refractivity contribution < 1.29 is 18.9 Å². The highest BCUT2D eigenvalue weighted by atomic mass is 16.5. The molecule has 0 aromatic heterocycles. The van der Waals surface area contributed by atoms with Gasteiger partial charge in [-0.3, -0.25) is 0 Å². The molecule has 0 spiro atoms. The molecule has 0 unspecified atom stereocenters. The third-order valence-electron chi connectivity index (χ3n) is 10.9. The summed E-state index contributed by atoms with van der Waals surface area (Å²) in [6.07, 6.45) is 10.8. The van der Waals surface area contributed by atoms with E-state index in [1.165, 1.54) is 21.5 Å². The summed E-state index contributed by atoms with van der Waals surface area (Å²) in [5.41, 5.74) is 4.35. The van der Waals surface area contributed by atoms with Crippen LogP contribution >= 0.6 is 0 Å². The largest absolute Gasteiger partial charge is 0.493 e. The predicted molar refractivity (Wildman–Crippen MR) is 215 cm³/mol. The quantitative estimate of drug-likeness (QED) is 0.149. The lowest BCUT2D eigenvalue weighted by Gasteiger charge is -2.24. The maximum atomic E-state index is 6.80. The number of fused-ring (bicyclic) bond motifs is 3. The number of hydrogen-bond donors (Lipinski definition) is 0. The van der Waals surface area contributed by atoms with Gasteiger partial charge in [-0.1, -0.05) is 99.2 Å². The summed E-state index contributed by atoms with van der Waals surface area (Å²) < 4.78 is 27.2. The van der Waals surface area contributed by atoms with Gasteiger partial charge < -0.3 is 18.9 Å². The molecule has 2 aliphatic rings. The van der Waals surface area contributed by atoms with Gasteiger partial charge in [0.25, 0.3) is 0 Å².